The van der Waals surface area contributed by atoms with E-state index >= 15 is 0 Å². The van der Waals surface area contributed by atoms with Crippen molar-refractivity contribution in [2.45, 2.75) is 46.8 Å². The van der Waals surface area contributed by atoms with Crippen LogP contribution in [0.1, 0.15) is 37.5 Å². The van der Waals surface area contributed by atoms with Gasteiger partial charge in [-0.05, 0) is 54.7 Å². The van der Waals surface area contributed by atoms with Gasteiger partial charge in [0.1, 0.15) is 5.75 Å². The summed E-state index contributed by atoms with van der Waals surface area (Å²) in [4.78, 5) is 27.1. The van der Waals surface area contributed by atoms with Crippen LogP contribution in [-0.2, 0) is 22.7 Å². The number of rotatable bonds is 9. The molecule has 3 rings (SSSR count). The highest BCUT2D eigenvalue weighted by Crippen LogP contribution is 2.31. The summed E-state index contributed by atoms with van der Waals surface area (Å²) in [6.07, 6.45) is 0. The molecule has 0 bridgehead atoms. The van der Waals surface area contributed by atoms with Crippen LogP contribution < -0.4 is 20.7 Å². The largest absolute Gasteiger partial charge is 0.495 e. The second-order valence-electron chi connectivity index (χ2n) is 8.72. The molecule has 2 aromatic rings. The number of anilines is 2. The fraction of sp³-hybridized carbons (Fsp3) is 0.440. The first-order valence-electron chi connectivity index (χ1n) is 11.1. The maximum Gasteiger partial charge on any atom is 0.243 e. The fourth-order valence-corrected chi connectivity index (χ4v) is 3.85. The number of methoxy groups -OCH3 is 1. The maximum absolute atomic E-state index is 12.3. The monoisotopic (exact) mass is 438 g/mol. The van der Waals surface area contributed by atoms with Crippen LogP contribution in [-0.4, -0.2) is 43.0 Å². The van der Waals surface area contributed by atoms with Gasteiger partial charge >= 0.3 is 0 Å². The van der Waals surface area contributed by atoms with Crippen LogP contribution in [0.5, 0.6) is 5.75 Å². The number of carbonyl (C=O) groups is 2. The molecule has 1 aliphatic heterocycles. The number of fused-ring (bicyclic) bond motifs is 1. The van der Waals surface area contributed by atoms with Gasteiger partial charge in [-0.3, -0.25) is 14.5 Å². The molecule has 32 heavy (non-hydrogen) atoms. The molecule has 0 fully saturated rings. The second-order valence-corrected chi connectivity index (χ2v) is 8.72. The standard InChI is InChI=1S/C25H34N4O3/c1-16(2)18(4)29-14-19-7-6-8-21(20(19)15-29)26-12-24(30)27-13-25(31)28-22-11-17(3)9-10-23(22)32-5/h6-11,16,18,26H,12-15H2,1-5H3,(H,27,30)(H,28,31). The molecule has 0 saturated heterocycles. The van der Waals surface area contributed by atoms with Gasteiger partial charge in [0.15, 0.2) is 0 Å². The van der Waals surface area contributed by atoms with Gasteiger partial charge in [0.2, 0.25) is 11.8 Å². The zero-order chi connectivity index (χ0) is 23.3. The van der Waals surface area contributed by atoms with Crippen molar-refractivity contribution in [3.05, 3.63) is 53.1 Å². The lowest BCUT2D eigenvalue weighted by molar-refractivity contribution is -0.122. The molecule has 0 aromatic heterocycles. The summed E-state index contributed by atoms with van der Waals surface area (Å²) in [6.45, 7) is 10.5. The molecule has 172 valence electrons. The maximum atomic E-state index is 12.3. The van der Waals surface area contributed by atoms with Crippen LogP contribution >= 0.6 is 0 Å². The number of nitrogens with one attached hydrogen (secondary N) is 3. The Morgan fingerprint density at radius 2 is 1.81 bits per heavy atom. The first-order chi connectivity index (χ1) is 15.3. The van der Waals surface area contributed by atoms with Gasteiger partial charge in [-0.2, -0.15) is 0 Å². The van der Waals surface area contributed by atoms with Crippen LogP contribution in [0, 0.1) is 12.8 Å². The predicted octanol–water partition coefficient (Wildman–Crippen LogP) is 3.53. The Morgan fingerprint density at radius 1 is 1.03 bits per heavy atom. The van der Waals surface area contributed by atoms with Crippen molar-refractivity contribution >= 4 is 23.2 Å². The van der Waals surface area contributed by atoms with Gasteiger partial charge in [-0.25, -0.2) is 0 Å². The highest BCUT2D eigenvalue weighted by Gasteiger charge is 2.26. The molecule has 1 unspecified atom stereocenters. The van der Waals surface area contributed by atoms with E-state index in [1.165, 1.54) is 11.1 Å². The summed E-state index contributed by atoms with van der Waals surface area (Å²) in [5.41, 5.74) is 5.12. The van der Waals surface area contributed by atoms with Crippen LogP contribution in [0.25, 0.3) is 0 Å². The van der Waals surface area contributed by atoms with Crippen LogP contribution in [0.3, 0.4) is 0 Å². The quantitative estimate of drug-likeness (QED) is 0.558. The zero-order valence-electron chi connectivity index (χ0n) is 19.6. The third-order valence-corrected chi connectivity index (χ3v) is 6.06. The van der Waals surface area contributed by atoms with E-state index in [0.29, 0.717) is 23.4 Å². The number of nitrogens with zero attached hydrogens (tertiary/aromatic N) is 1. The van der Waals surface area contributed by atoms with Crippen LogP contribution in [0.2, 0.25) is 0 Å². The zero-order valence-corrected chi connectivity index (χ0v) is 19.6. The third-order valence-electron chi connectivity index (χ3n) is 6.06. The number of amides is 2. The first kappa shape index (κ1) is 23.6. The average Bonchev–Trinajstić information content (AvgIpc) is 3.20. The van der Waals surface area contributed by atoms with E-state index in [4.69, 9.17) is 4.74 Å². The molecule has 0 radical (unpaired) electrons. The molecule has 7 heteroatoms. The Kier molecular flexibility index (Phi) is 7.75. The average molecular weight is 439 g/mol. The Bertz CT molecular complexity index is 974. The molecular weight excluding hydrogens is 404 g/mol. The van der Waals surface area contributed by atoms with Crippen molar-refractivity contribution in [2.24, 2.45) is 5.92 Å². The van der Waals surface area contributed by atoms with Gasteiger partial charge in [0.05, 0.1) is 25.9 Å². The molecule has 3 N–H and O–H groups in total. The molecule has 2 aromatic carbocycles. The van der Waals surface area contributed by atoms with E-state index in [1.807, 2.05) is 31.2 Å². The van der Waals surface area contributed by atoms with Crippen molar-refractivity contribution in [3.8, 4) is 5.75 Å². The van der Waals surface area contributed by atoms with E-state index < -0.39 is 0 Å². The molecule has 0 saturated carbocycles. The molecule has 1 heterocycles. The lowest BCUT2D eigenvalue weighted by Gasteiger charge is -2.27. The first-order valence-corrected chi connectivity index (χ1v) is 11.1. The van der Waals surface area contributed by atoms with Crippen molar-refractivity contribution in [1.82, 2.24) is 10.2 Å². The molecule has 0 aliphatic carbocycles. The Balaban J connectivity index is 1.50. The minimum atomic E-state index is -0.304. The number of aryl methyl sites for hydroxylation is 1. The normalized spacial score (nSPS) is 14.1. The lowest BCUT2D eigenvalue weighted by Crippen LogP contribution is -2.36. The van der Waals surface area contributed by atoms with Gasteiger partial charge in [-0.15, -0.1) is 0 Å². The van der Waals surface area contributed by atoms with E-state index in [2.05, 4.69) is 47.7 Å². The summed E-state index contributed by atoms with van der Waals surface area (Å²) in [5.74, 6) is 0.619. The second kappa shape index (κ2) is 10.5. The summed E-state index contributed by atoms with van der Waals surface area (Å²) in [7, 11) is 1.55. The number of ether oxygens (including phenoxy) is 1. The predicted molar refractivity (Wildman–Crippen MR) is 128 cm³/mol. The Labute approximate surface area is 190 Å². The minimum Gasteiger partial charge on any atom is -0.495 e. The van der Waals surface area contributed by atoms with Crippen molar-refractivity contribution in [2.75, 3.05) is 30.8 Å². The third kappa shape index (κ3) is 5.79. The highest BCUT2D eigenvalue weighted by molar-refractivity contribution is 5.96. The van der Waals surface area contributed by atoms with E-state index in [9.17, 15) is 9.59 Å². The molecule has 1 atom stereocenters. The smallest absolute Gasteiger partial charge is 0.243 e. The van der Waals surface area contributed by atoms with E-state index in [1.54, 1.807) is 13.2 Å². The SMILES string of the molecule is COc1ccc(C)cc1NC(=O)CNC(=O)CNc1cccc2c1CN(C(C)C(C)C)C2. The summed E-state index contributed by atoms with van der Waals surface area (Å²) < 4.78 is 5.27. The number of hydrogen-bond acceptors (Lipinski definition) is 5. The van der Waals surface area contributed by atoms with Crippen LogP contribution in [0.15, 0.2) is 36.4 Å². The van der Waals surface area contributed by atoms with Crippen molar-refractivity contribution in [1.29, 1.82) is 0 Å². The van der Waals surface area contributed by atoms with E-state index in [-0.39, 0.29) is 24.9 Å². The van der Waals surface area contributed by atoms with Gasteiger partial charge in [0.25, 0.3) is 0 Å². The summed E-state index contributed by atoms with van der Waals surface area (Å²) in [6, 6.07) is 12.2. The van der Waals surface area contributed by atoms with E-state index in [0.717, 1.165) is 24.3 Å². The Hall–Kier alpha value is -3.06. The summed E-state index contributed by atoms with van der Waals surface area (Å²) in [5, 5.41) is 8.70. The molecule has 2 amide bonds. The van der Waals surface area contributed by atoms with Gasteiger partial charge < -0.3 is 20.7 Å². The number of carbonyl (C=O) groups excluding carboxylic acids is 2. The minimum absolute atomic E-state index is 0.107. The number of hydrogen-bond donors (Lipinski definition) is 3. The molecule has 1 aliphatic rings. The van der Waals surface area contributed by atoms with Crippen molar-refractivity contribution in [3.63, 3.8) is 0 Å². The summed E-state index contributed by atoms with van der Waals surface area (Å²) >= 11 is 0. The van der Waals surface area contributed by atoms with Crippen molar-refractivity contribution < 1.29 is 14.3 Å². The number of benzene rings is 2. The molecule has 7 nitrogen and oxygen atoms in total. The molecule has 0 spiro atoms. The fourth-order valence-electron chi connectivity index (χ4n) is 3.85. The topological polar surface area (TPSA) is 82.7 Å². The van der Waals surface area contributed by atoms with Gasteiger partial charge in [0, 0.05) is 24.8 Å². The van der Waals surface area contributed by atoms with Crippen LogP contribution in [0.4, 0.5) is 11.4 Å². The highest BCUT2D eigenvalue weighted by atomic mass is 16.5. The molecular formula is C25H34N4O3. The van der Waals surface area contributed by atoms with Gasteiger partial charge in [-0.1, -0.05) is 32.0 Å². The lowest BCUT2D eigenvalue weighted by atomic mass is 10.1. The Morgan fingerprint density at radius 3 is 2.53 bits per heavy atom.